The number of thioether (sulfide) groups is 1. The van der Waals surface area contributed by atoms with Gasteiger partial charge in [0.2, 0.25) is 11.8 Å². The van der Waals surface area contributed by atoms with Crippen LogP contribution in [0, 0.1) is 5.41 Å². The summed E-state index contributed by atoms with van der Waals surface area (Å²) in [5, 5.41) is 52.0. The maximum atomic E-state index is 12.6. The van der Waals surface area contributed by atoms with Crippen molar-refractivity contribution in [1.82, 2.24) is 30.2 Å². The van der Waals surface area contributed by atoms with Gasteiger partial charge in [0.15, 0.2) is 22.8 Å². The number of phosphoric ester groups is 3. The lowest BCUT2D eigenvalue weighted by Gasteiger charge is -2.30. The predicted octanol–water partition coefficient (Wildman–Crippen LogP) is -2.92. The Morgan fingerprint density at radius 2 is 1.68 bits per heavy atom. The molecule has 2 aromatic heterocycles. The minimum absolute atomic E-state index is 0.0160. The number of hydrogen-bond donors (Lipinski definition) is 12. The van der Waals surface area contributed by atoms with Gasteiger partial charge in [0.05, 0.1) is 19.5 Å². The Balaban J connectivity index is 1.48. The lowest BCUT2D eigenvalue weighted by atomic mass is 9.87. The van der Waals surface area contributed by atoms with E-state index in [1.54, 1.807) is 0 Å². The van der Waals surface area contributed by atoms with E-state index in [2.05, 4.69) is 34.4 Å². The number of phosphoric acid groups is 3. The molecule has 0 spiro atoms. The second kappa shape index (κ2) is 19.5. The highest BCUT2D eigenvalue weighted by atomic mass is 32.2. The number of ether oxygens (including phenoxy) is 1. The maximum Gasteiger partial charge on any atom is 0.481 e. The molecule has 2 amide bonds. The van der Waals surface area contributed by atoms with Crippen LogP contribution in [0.25, 0.3) is 11.2 Å². The predicted molar refractivity (Wildman–Crippen MR) is 186 cm³/mol. The molecule has 13 N–H and O–H groups in total. The number of carbonyl (C=O) groups is 3. The molecule has 0 saturated carbocycles. The van der Waals surface area contributed by atoms with Gasteiger partial charge in [0, 0.05) is 43.5 Å². The van der Waals surface area contributed by atoms with E-state index < -0.39 is 102 Å². The average molecular weight is 886 g/mol. The Labute approximate surface area is 320 Å². The van der Waals surface area contributed by atoms with Crippen molar-refractivity contribution in [2.75, 3.05) is 37.8 Å². The van der Waals surface area contributed by atoms with Crippen molar-refractivity contribution in [2.45, 2.75) is 69.7 Å². The number of anilines is 1. The number of amides is 2. The molecular formula is C25H42N7O20P3S. The molecule has 3 heterocycles. The number of aliphatic hydroxyl groups excluding tert-OH is 2. The monoisotopic (exact) mass is 885 g/mol. The van der Waals surface area contributed by atoms with Crippen LogP contribution in [-0.4, -0.2) is 144 Å². The molecule has 2 unspecified atom stereocenters. The van der Waals surface area contributed by atoms with Crippen LogP contribution in [0.2, 0.25) is 0 Å². The van der Waals surface area contributed by atoms with Gasteiger partial charge in [0.1, 0.15) is 36.3 Å². The quantitative estimate of drug-likeness (QED) is 0.0320. The summed E-state index contributed by atoms with van der Waals surface area (Å²) in [5.41, 5.74) is 4.18. The largest absolute Gasteiger partial charge is 0.481 e. The first kappa shape index (κ1) is 47.8. The van der Waals surface area contributed by atoms with E-state index in [9.17, 15) is 57.9 Å². The van der Waals surface area contributed by atoms with Crippen LogP contribution in [0.15, 0.2) is 12.7 Å². The van der Waals surface area contributed by atoms with Gasteiger partial charge in [-0.15, -0.1) is 0 Å². The summed E-state index contributed by atoms with van der Waals surface area (Å²) in [7, 11) is -16.5. The van der Waals surface area contributed by atoms with Crippen LogP contribution in [-0.2, 0) is 50.7 Å². The first-order valence-electron chi connectivity index (χ1n) is 15.9. The molecule has 0 aromatic carbocycles. The highest BCUT2D eigenvalue weighted by molar-refractivity contribution is 8.13. The smallest absolute Gasteiger partial charge is 0.386 e. The fourth-order valence-corrected chi connectivity index (χ4v) is 8.14. The lowest BCUT2D eigenvalue weighted by Crippen LogP contribution is -2.46. The van der Waals surface area contributed by atoms with Crippen molar-refractivity contribution in [3.05, 3.63) is 12.7 Å². The summed E-state index contributed by atoms with van der Waals surface area (Å²) in [6.07, 6.45) is -8.07. The standard InChI is InChI=1S/C25H42N7O20P3S/c1-24(2,19(36)22(37)28-6-4-14(33)27-7-8-56-15(34)3-5-25(38,39)40)10-49-55(46,47)52-54(44,45)48-9-13-18(51-53(41,42)43)17(35)23(50-13)32-12-31-16-20(26)29-11-30-21(16)32/h11-13,17-19,23,35-36,38-40H,3-10H2,1-2H3,(H,27,33)(H,28,37)(H,44,45)(H,46,47)(H2,26,29,30)(H2,41,42,43)/t13-,17-,18-,19+,23-/m1/s1. The molecule has 0 bridgehead atoms. The number of fused-ring (bicyclic) bond motifs is 1. The topological polar surface area (TPSA) is 424 Å². The van der Waals surface area contributed by atoms with Crippen molar-refractivity contribution in [1.29, 1.82) is 0 Å². The Hall–Kier alpha value is -2.56. The zero-order valence-electron chi connectivity index (χ0n) is 29.3. The Bertz CT molecular complexity index is 1840. The van der Waals surface area contributed by atoms with E-state index in [4.69, 9.17) is 34.8 Å². The summed E-state index contributed by atoms with van der Waals surface area (Å²) >= 11 is 0.778. The second-order valence-electron chi connectivity index (χ2n) is 12.6. The number of imidazole rings is 1. The molecule has 1 saturated heterocycles. The molecule has 0 radical (unpaired) electrons. The number of aromatic nitrogens is 4. The molecule has 1 fully saturated rings. The van der Waals surface area contributed by atoms with Gasteiger partial charge in [-0.25, -0.2) is 28.6 Å². The van der Waals surface area contributed by atoms with Crippen LogP contribution in [0.3, 0.4) is 0 Å². The molecule has 56 heavy (non-hydrogen) atoms. The number of nitrogens with two attached hydrogens (primary N) is 1. The molecular weight excluding hydrogens is 843 g/mol. The highest BCUT2D eigenvalue weighted by Crippen LogP contribution is 2.61. The first-order valence-corrected chi connectivity index (χ1v) is 21.4. The lowest BCUT2D eigenvalue weighted by molar-refractivity contribution is -0.314. The average Bonchev–Trinajstić information content (AvgIpc) is 3.63. The van der Waals surface area contributed by atoms with Gasteiger partial charge in [-0.3, -0.25) is 32.5 Å². The third-order valence-electron chi connectivity index (χ3n) is 7.43. The molecule has 27 nitrogen and oxygen atoms in total. The Kier molecular flexibility index (Phi) is 16.6. The molecule has 3 rings (SSSR count). The van der Waals surface area contributed by atoms with Gasteiger partial charge in [0.25, 0.3) is 5.97 Å². The molecule has 31 heteroatoms. The van der Waals surface area contributed by atoms with Crippen molar-refractivity contribution in [2.24, 2.45) is 5.41 Å². The van der Waals surface area contributed by atoms with Crippen molar-refractivity contribution in [3.63, 3.8) is 0 Å². The van der Waals surface area contributed by atoms with E-state index >= 15 is 0 Å². The van der Waals surface area contributed by atoms with Crippen molar-refractivity contribution >= 4 is 69.1 Å². The minimum Gasteiger partial charge on any atom is -0.386 e. The van der Waals surface area contributed by atoms with Crippen LogP contribution >= 0.6 is 35.2 Å². The number of nitrogens with one attached hydrogen (secondary N) is 2. The maximum absolute atomic E-state index is 12.6. The van der Waals surface area contributed by atoms with Crippen molar-refractivity contribution < 1.29 is 95.8 Å². The van der Waals surface area contributed by atoms with Crippen LogP contribution in [0.4, 0.5) is 5.82 Å². The number of nitrogens with zero attached hydrogens (tertiary/aromatic N) is 4. The number of carbonyl (C=O) groups excluding carboxylic acids is 3. The minimum atomic E-state index is -5.59. The first-order chi connectivity index (χ1) is 25.7. The summed E-state index contributed by atoms with van der Waals surface area (Å²) in [4.78, 5) is 86.9. The van der Waals surface area contributed by atoms with E-state index in [0.717, 1.165) is 29.0 Å². The van der Waals surface area contributed by atoms with Gasteiger partial charge in [-0.1, -0.05) is 25.6 Å². The third-order valence-corrected chi connectivity index (χ3v) is 11.5. The zero-order valence-corrected chi connectivity index (χ0v) is 32.8. The van der Waals surface area contributed by atoms with E-state index in [1.165, 1.54) is 13.8 Å². The fourth-order valence-electron chi connectivity index (χ4n) is 4.64. The third kappa shape index (κ3) is 15.0. The summed E-state index contributed by atoms with van der Waals surface area (Å²) in [6, 6.07) is 0. The van der Waals surface area contributed by atoms with Crippen LogP contribution < -0.4 is 16.4 Å². The van der Waals surface area contributed by atoms with E-state index in [1.807, 2.05) is 0 Å². The van der Waals surface area contributed by atoms with Crippen molar-refractivity contribution in [3.8, 4) is 0 Å². The SMILES string of the molecule is CC(C)(COP(=O)(O)OP(=O)(O)OC[C@H]1O[C@@H](n2cnc3c(N)ncnc32)[C@H](O)[C@@H]1OP(=O)(O)O)[C@@H](O)C(=O)NCCC(=O)NCCSC(=O)CCC(O)(O)O. The van der Waals surface area contributed by atoms with Gasteiger partial charge >= 0.3 is 23.5 Å². The highest BCUT2D eigenvalue weighted by Gasteiger charge is 2.50. The molecule has 1 aliphatic rings. The summed E-state index contributed by atoms with van der Waals surface area (Å²) in [5.74, 6) is -4.48. The van der Waals surface area contributed by atoms with Crippen LogP contribution in [0.1, 0.15) is 39.3 Å². The van der Waals surface area contributed by atoms with E-state index in [0.29, 0.717) is 0 Å². The normalized spacial score (nSPS) is 22.0. The second-order valence-corrected chi connectivity index (χ2v) is 18.0. The summed E-state index contributed by atoms with van der Waals surface area (Å²) < 4.78 is 61.9. The Morgan fingerprint density at radius 1 is 1.02 bits per heavy atom. The van der Waals surface area contributed by atoms with E-state index in [-0.39, 0.29) is 48.7 Å². The number of rotatable bonds is 22. The van der Waals surface area contributed by atoms with Gasteiger partial charge in [-0.2, -0.15) is 4.31 Å². The molecule has 2 aromatic rings. The zero-order chi connectivity index (χ0) is 42.3. The summed E-state index contributed by atoms with van der Waals surface area (Å²) in [6.45, 7) is 0.112. The Morgan fingerprint density at radius 3 is 2.32 bits per heavy atom. The number of aliphatic hydroxyl groups is 5. The number of hydrogen-bond acceptors (Lipinski definition) is 21. The number of nitrogen functional groups attached to an aromatic ring is 1. The van der Waals surface area contributed by atoms with Gasteiger partial charge in [-0.05, 0) is 0 Å². The van der Waals surface area contributed by atoms with Crippen LogP contribution in [0.5, 0.6) is 0 Å². The molecule has 7 atom stereocenters. The molecule has 318 valence electrons. The van der Waals surface area contributed by atoms with Gasteiger partial charge < -0.3 is 66.2 Å². The fraction of sp³-hybridized carbons (Fsp3) is 0.680. The molecule has 0 aliphatic carbocycles. The molecule has 1 aliphatic heterocycles.